The maximum atomic E-state index is 11.7. The highest BCUT2D eigenvalue weighted by Crippen LogP contribution is 2.37. The number of rotatable bonds is 7. The van der Waals surface area contributed by atoms with Crippen LogP contribution in [-0.2, 0) is 9.53 Å². The topological polar surface area (TPSA) is 63.7 Å². The molecule has 1 aromatic heterocycles. The van der Waals surface area contributed by atoms with Gasteiger partial charge in [0.2, 0.25) is 5.91 Å². The van der Waals surface area contributed by atoms with E-state index in [1.54, 1.807) is 11.3 Å². The molecule has 0 bridgehead atoms. The minimum Gasteiger partial charge on any atom is -0.491 e. The number of carbonyl (C=O) groups excluding carboxylic acids is 1. The first-order valence-corrected chi connectivity index (χ1v) is 11.2. The lowest BCUT2D eigenvalue weighted by Crippen LogP contribution is -2.36. The van der Waals surface area contributed by atoms with Crippen LogP contribution in [0, 0.1) is 11.3 Å². The molecule has 0 radical (unpaired) electrons. The van der Waals surface area contributed by atoms with Gasteiger partial charge >= 0.3 is 0 Å². The number of ether oxygens (including phenoxy) is 2. The molecule has 1 saturated heterocycles. The summed E-state index contributed by atoms with van der Waals surface area (Å²) in [6.45, 7) is 14.4. The fraction of sp³-hybridized carbons (Fsp3) is 0.636. The van der Waals surface area contributed by atoms with Crippen LogP contribution in [-0.4, -0.2) is 43.8 Å². The molecule has 1 amide bonds. The lowest BCUT2D eigenvalue weighted by Gasteiger charge is -2.25. The summed E-state index contributed by atoms with van der Waals surface area (Å²) in [6.07, 6.45) is 2.13. The summed E-state index contributed by atoms with van der Waals surface area (Å²) in [7, 11) is 0. The Kier molecular flexibility index (Phi) is 7.01. The monoisotopic (exact) mass is 419 g/mol. The van der Waals surface area contributed by atoms with Crippen LogP contribution in [0.3, 0.4) is 0 Å². The number of anilines is 2. The molecule has 1 aliphatic rings. The fourth-order valence-corrected chi connectivity index (χ4v) is 4.79. The van der Waals surface area contributed by atoms with E-state index in [1.165, 1.54) is 6.92 Å². The Bertz CT molecular complexity index is 838. The van der Waals surface area contributed by atoms with Gasteiger partial charge in [-0.3, -0.25) is 4.79 Å². The van der Waals surface area contributed by atoms with Gasteiger partial charge in [-0.25, -0.2) is 4.98 Å². The maximum absolute atomic E-state index is 11.7. The van der Waals surface area contributed by atoms with E-state index in [4.69, 9.17) is 14.5 Å². The molecule has 3 rings (SSSR count). The molecule has 7 heteroatoms. The Hall–Kier alpha value is -1.86. The molecule has 2 heterocycles. The third kappa shape index (κ3) is 6.31. The molecule has 1 unspecified atom stereocenters. The molecular formula is C22H33N3O3S. The van der Waals surface area contributed by atoms with E-state index in [1.807, 2.05) is 12.1 Å². The predicted octanol–water partition coefficient (Wildman–Crippen LogP) is 4.93. The molecule has 1 N–H and O–H groups in total. The highest BCUT2D eigenvalue weighted by Gasteiger charge is 2.18. The molecule has 0 spiro atoms. The Morgan fingerprint density at radius 1 is 1.34 bits per heavy atom. The lowest BCUT2D eigenvalue weighted by molar-refractivity contribution is -0.114. The van der Waals surface area contributed by atoms with Crippen molar-refractivity contribution < 1.29 is 14.3 Å². The van der Waals surface area contributed by atoms with Crippen molar-refractivity contribution in [2.45, 2.75) is 47.5 Å². The van der Waals surface area contributed by atoms with Crippen LogP contribution in [0.1, 0.15) is 47.5 Å². The number of carbonyl (C=O) groups is 1. The van der Waals surface area contributed by atoms with E-state index in [-0.39, 0.29) is 5.91 Å². The van der Waals surface area contributed by atoms with E-state index < -0.39 is 0 Å². The molecule has 1 atom stereocenters. The van der Waals surface area contributed by atoms with E-state index in [9.17, 15) is 4.79 Å². The second-order valence-corrected chi connectivity index (χ2v) is 10.1. The zero-order valence-corrected chi connectivity index (χ0v) is 19.0. The van der Waals surface area contributed by atoms with Crippen LogP contribution in [0.4, 0.5) is 10.8 Å². The van der Waals surface area contributed by atoms with Gasteiger partial charge in [0.25, 0.3) is 0 Å². The number of hydrogen-bond acceptors (Lipinski definition) is 6. The van der Waals surface area contributed by atoms with Crippen LogP contribution in [0.5, 0.6) is 5.75 Å². The van der Waals surface area contributed by atoms with Gasteiger partial charge in [-0.15, -0.1) is 0 Å². The van der Waals surface area contributed by atoms with Gasteiger partial charge in [0, 0.05) is 26.1 Å². The Morgan fingerprint density at radius 2 is 2.07 bits per heavy atom. The first kappa shape index (κ1) is 21.8. The first-order chi connectivity index (χ1) is 13.7. The summed E-state index contributed by atoms with van der Waals surface area (Å²) in [5.41, 5.74) is 1.94. The average Bonchev–Trinajstić information content (AvgIpc) is 3.03. The molecule has 0 aliphatic carbocycles. The third-order valence-corrected chi connectivity index (χ3v) is 5.98. The summed E-state index contributed by atoms with van der Waals surface area (Å²) < 4.78 is 12.6. The highest BCUT2D eigenvalue weighted by atomic mass is 32.1. The molecule has 0 saturated carbocycles. The van der Waals surface area contributed by atoms with Crippen LogP contribution < -0.4 is 15.0 Å². The van der Waals surface area contributed by atoms with Crippen molar-refractivity contribution in [1.29, 1.82) is 0 Å². The van der Waals surface area contributed by atoms with Crippen LogP contribution in [0.15, 0.2) is 12.1 Å². The van der Waals surface area contributed by atoms with Crippen molar-refractivity contribution in [2.24, 2.45) is 11.3 Å². The van der Waals surface area contributed by atoms with Crippen LogP contribution in [0.25, 0.3) is 10.2 Å². The van der Waals surface area contributed by atoms with Crippen molar-refractivity contribution >= 4 is 38.3 Å². The Balaban J connectivity index is 1.75. The normalized spacial score (nSPS) is 16.1. The molecule has 1 fully saturated rings. The predicted molar refractivity (Wildman–Crippen MR) is 120 cm³/mol. The summed E-state index contributed by atoms with van der Waals surface area (Å²) in [5, 5.41) is 3.91. The van der Waals surface area contributed by atoms with Gasteiger partial charge in [0.1, 0.15) is 5.75 Å². The summed E-state index contributed by atoms with van der Waals surface area (Å²) in [5.74, 6) is 1.16. The minimum atomic E-state index is -0.104. The molecule has 6 nitrogen and oxygen atoms in total. The first-order valence-electron chi connectivity index (χ1n) is 10.4. The molecule has 160 valence electrons. The van der Waals surface area contributed by atoms with Crippen molar-refractivity contribution in [3.8, 4) is 5.75 Å². The van der Waals surface area contributed by atoms with Gasteiger partial charge in [-0.2, -0.15) is 0 Å². The summed E-state index contributed by atoms with van der Waals surface area (Å²) in [6, 6.07) is 3.93. The number of nitrogens with one attached hydrogen (secondary N) is 1. The number of morpholine rings is 1. The number of nitrogens with zero attached hydrogens (tertiary/aromatic N) is 2. The summed E-state index contributed by atoms with van der Waals surface area (Å²) >= 11 is 1.64. The smallest absolute Gasteiger partial charge is 0.221 e. The van der Waals surface area contributed by atoms with E-state index in [0.29, 0.717) is 29.4 Å². The lowest BCUT2D eigenvalue weighted by atomic mass is 9.84. The second kappa shape index (κ2) is 9.30. The van der Waals surface area contributed by atoms with E-state index in [2.05, 4.69) is 37.9 Å². The fourth-order valence-electron chi connectivity index (χ4n) is 3.76. The van der Waals surface area contributed by atoms with Crippen molar-refractivity contribution in [3.05, 3.63) is 12.1 Å². The SMILES string of the molecule is CC(=O)Nc1cc2sc(N3CCOCC3)nc2cc1OCCC(C)CC(C)(C)C. The molecule has 1 aliphatic heterocycles. The Morgan fingerprint density at radius 3 is 2.72 bits per heavy atom. The van der Waals surface area contributed by atoms with Crippen LogP contribution >= 0.6 is 11.3 Å². The average molecular weight is 420 g/mol. The molecular weight excluding hydrogens is 386 g/mol. The second-order valence-electron chi connectivity index (χ2n) is 9.10. The quantitative estimate of drug-likeness (QED) is 0.689. The zero-order valence-electron chi connectivity index (χ0n) is 18.2. The largest absolute Gasteiger partial charge is 0.491 e. The van der Waals surface area contributed by atoms with Crippen LogP contribution in [0.2, 0.25) is 0 Å². The van der Waals surface area contributed by atoms with Gasteiger partial charge in [-0.1, -0.05) is 39.0 Å². The number of hydrogen-bond donors (Lipinski definition) is 1. The van der Waals surface area contributed by atoms with Gasteiger partial charge in [-0.05, 0) is 30.2 Å². The summed E-state index contributed by atoms with van der Waals surface area (Å²) in [4.78, 5) is 18.7. The number of thiazole rings is 1. The highest BCUT2D eigenvalue weighted by molar-refractivity contribution is 7.22. The zero-order chi connectivity index (χ0) is 21.0. The van der Waals surface area contributed by atoms with Gasteiger partial charge in [0.15, 0.2) is 5.13 Å². The number of fused-ring (bicyclic) bond motifs is 1. The number of aromatic nitrogens is 1. The van der Waals surface area contributed by atoms with Crippen molar-refractivity contribution in [1.82, 2.24) is 4.98 Å². The van der Waals surface area contributed by atoms with Crippen molar-refractivity contribution in [3.63, 3.8) is 0 Å². The number of amides is 1. The van der Waals surface area contributed by atoms with E-state index in [0.717, 1.165) is 54.5 Å². The molecule has 1 aromatic carbocycles. The van der Waals surface area contributed by atoms with Gasteiger partial charge < -0.3 is 19.7 Å². The minimum absolute atomic E-state index is 0.104. The third-order valence-electron chi connectivity index (χ3n) is 4.90. The van der Waals surface area contributed by atoms with Gasteiger partial charge in [0.05, 0.1) is 35.7 Å². The molecule has 2 aromatic rings. The Labute approximate surface area is 177 Å². The standard InChI is InChI=1S/C22H33N3O3S/c1-15(14-22(3,4)5)6-9-28-19-12-18-20(13-17(19)23-16(2)26)29-21(24-18)25-7-10-27-11-8-25/h12-13,15H,6-11,14H2,1-5H3,(H,23,26). The van der Waals surface area contributed by atoms with Crippen molar-refractivity contribution in [2.75, 3.05) is 43.1 Å². The van der Waals surface area contributed by atoms with E-state index >= 15 is 0 Å². The number of benzene rings is 1. The maximum Gasteiger partial charge on any atom is 0.221 e. The molecule has 29 heavy (non-hydrogen) atoms.